The van der Waals surface area contributed by atoms with E-state index in [1.54, 1.807) is 112 Å². The second kappa shape index (κ2) is 32.2. The fraction of sp³-hybridized carbons (Fsp3) is 0.221. The van der Waals surface area contributed by atoms with E-state index in [-0.39, 0.29) is 54.3 Å². The topological polar surface area (TPSA) is 301 Å². The molecule has 0 bridgehead atoms. The van der Waals surface area contributed by atoms with Crippen molar-refractivity contribution in [3.8, 4) is 34.5 Å². The van der Waals surface area contributed by atoms with Gasteiger partial charge >= 0.3 is 0 Å². The van der Waals surface area contributed by atoms with Crippen molar-refractivity contribution in [2.24, 2.45) is 21.1 Å². The SMILES string of the molecule is C=CC(=O)Nc1cn(C)nc1Cc1ncc2c(ccn2Cc2c(Cl)c(OC)cc(OC)c2Cl)n1.C=CC(=O)Nc1cn(C)nc1Cc1ncc2c(ccn2Cc2c(F)c(OC)cc(OC)c2F)n1.C=CC(=O)Nc1cn(C)nc1Cc1ncc2c(cnn2Cc2c(Cl)c(OC)cc(OC)c2Cl)n1. The molecule has 0 spiro atoms. The molecular formula is C68H65Cl4F2N19O9. The van der Waals surface area contributed by atoms with Crippen molar-refractivity contribution < 1.29 is 51.6 Å². The highest BCUT2D eigenvalue weighted by Gasteiger charge is 2.25. The van der Waals surface area contributed by atoms with E-state index in [2.05, 4.69) is 86.0 Å². The van der Waals surface area contributed by atoms with Gasteiger partial charge in [0.1, 0.15) is 51.5 Å². The van der Waals surface area contributed by atoms with Gasteiger partial charge in [-0.3, -0.25) is 33.1 Å². The first-order chi connectivity index (χ1) is 49.0. The number of rotatable bonds is 24. The number of nitrogens with one attached hydrogen (secondary N) is 3. The number of benzene rings is 3. The Bertz CT molecular complexity index is 4610. The molecule has 3 aromatic carbocycles. The van der Waals surface area contributed by atoms with Crippen LogP contribution in [0.15, 0.2) is 124 Å². The first-order valence-corrected chi connectivity index (χ1v) is 32.0. The van der Waals surface area contributed by atoms with Crippen molar-refractivity contribution >= 4 is 114 Å². The summed E-state index contributed by atoms with van der Waals surface area (Å²) in [6, 6.07) is 8.07. The van der Waals surface area contributed by atoms with Crippen molar-refractivity contribution in [3.05, 3.63) is 207 Å². The molecule has 102 heavy (non-hydrogen) atoms. The summed E-state index contributed by atoms with van der Waals surface area (Å²) in [5.41, 5.74) is 8.69. The van der Waals surface area contributed by atoms with Crippen LogP contribution in [-0.4, -0.2) is 139 Å². The number of ether oxygens (including phenoxy) is 6. The molecule has 0 saturated heterocycles. The van der Waals surface area contributed by atoms with Crippen LogP contribution in [0.5, 0.6) is 34.5 Å². The molecule has 0 atom stereocenters. The maximum absolute atomic E-state index is 14.8. The number of carbonyl (C=O) groups excluding carboxylic acids is 3. The van der Waals surface area contributed by atoms with Gasteiger partial charge < -0.3 is 53.5 Å². The Morgan fingerprint density at radius 2 is 0.784 bits per heavy atom. The van der Waals surface area contributed by atoms with E-state index >= 15 is 0 Å². The molecule has 12 aromatic rings. The zero-order valence-corrected chi connectivity index (χ0v) is 59.3. The number of aromatic nitrogens is 16. The first-order valence-electron chi connectivity index (χ1n) is 30.5. The van der Waals surface area contributed by atoms with E-state index < -0.39 is 11.6 Å². The molecule has 528 valence electrons. The highest BCUT2D eigenvalue weighted by Crippen LogP contribution is 2.43. The third-order valence-electron chi connectivity index (χ3n) is 15.6. The molecule has 0 unspecified atom stereocenters. The monoisotopic (exact) mass is 1470 g/mol. The lowest BCUT2D eigenvalue weighted by Gasteiger charge is -2.15. The summed E-state index contributed by atoms with van der Waals surface area (Å²) in [5, 5.41) is 27.4. The number of fused-ring (bicyclic) bond motifs is 3. The molecule has 3 N–H and O–H groups in total. The maximum atomic E-state index is 14.8. The average Bonchev–Trinajstić information content (AvgIpc) is 1.21. The molecular weight excluding hydrogens is 1410 g/mol. The van der Waals surface area contributed by atoms with Gasteiger partial charge in [0.15, 0.2) is 23.1 Å². The fourth-order valence-corrected chi connectivity index (χ4v) is 11.9. The van der Waals surface area contributed by atoms with Crippen LogP contribution in [0.25, 0.3) is 33.1 Å². The van der Waals surface area contributed by atoms with Gasteiger partial charge in [0, 0.05) is 81.5 Å². The smallest absolute Gasteiger partial charge is 0.247 e. The molecule has 34 heteroatoms. The number of methoxy groups -OCH3 is 6. The molecule has 0 saturated carbocycles. The number of amides is 3. The van der Waals surface area contributed by atoms with Crippen molar-refractivity contribution in [2.75, 3.05) is 58.6 Å². The van der Waals surface area contributed by atoms with Crippen LogP contribution in [0.1, 0.15) is 51.2 Å². The van der Waals surface area contributed by atoms with Crippen molar-refractivity contribution in [2.45, 2.75) is 38.9 Å². The zero-order chi connectivity index (χ0) is 73.2. The Kier molecular flexibility index (Phi) is 23.2. The Morgan fingerprint density at radius 1 is 0.461 bits per heavy atom. The quantitative estimate of drug-likeness (QED) is 0.0473. The molecule has 28 nitrogen and oxygen atoms in total. The second-order valence-electron chi connectivity index (χ2n) is 22.1. The predicted molar refractivity (Wildman–Crippen MR) is 381 cm³/mol. The Hall–Kier alpha value is -11.5. The van der Waals surface area contributed by atoms with Crippen LogP contribution in [0, 0.1) is 11.6 Å². The molecule has 9 heterocycles. The van der Waals surface area contributed by atoms with Gasteiger partial charge in [-0.1, -0.05) is 66.1 Å². The van der Waals surface area contributed by atoms with Gasteiger partial charge in [-0.15, -0.1) is 0 Å². The van der Waals surface area contributed by atoms with Gasteiger partial charge in [-0.05, 0) is 30.4 Å². The molecule has 0 fully saturated rings. The molecule has 0 aliphatic carbocycles. The highest BCUT2D eigenvalue weighted by atomic mass is 35.5. The summed E-state index contributed by atoms with van der Waals surface area (Å²) in [6.45, 7) is 10.9. The van der Waals surface area contributed by atoms with Gasteiger partial charge in [0.25, 0.3) is 0 Å². The Labute approximate surface area is 601 Å². The predicted octanol–water partition coefficient (Wildman–Crippen LogP) is 11.1. The number of carbonyl (C=O) groups is 3. The molecule has 3 amide bonds. The molecule has 0 aliphatic rings. The van der Waals surface area contributed by atoms with E-state index in [1.165, 1.54) is 67.0 Å². The van der Waals surface area contributed by atoms with Crippen LogP contribution in [-0.2, 0) is 74.4 Å². The van der Waals surface area contributed by atoms with Gasteiger partial charge in [0.05, 0.1) is 188 Å². The summed E-state index contributed by atoms with van der Waals surface area (Å²) >= 11 is 26.1. The number of hydrogen-bond donors (Lipinski definition) is 3. The van der Waals surface area contributed by atoms with Crippen LogP contribution in [0.4, 0.5) is 25.8 Å². The minimum atomic E-state index is -0.801. The lowest BCUT2D eigenvalue weighted by Crippen LogP contribution is -2.09. The zero-order valence-electron chi connectivity index (χ0n) is 56.3. The van der Waals surface area contributed by atoms with Crippen molar-refractivity contribution in [1.82, 2.24) is 78.2 Å². The molecule has 9 aromatic heterocycles. The lowest BCUT2D eigenvalue weighted by atomic mass is 10.1. The molecule has 12 rings (SSSR count). The van der Waals surface area contributed by atoms with Crippen molar-refractivity contribution in [3.63, 3.8) is 0 Å². The first kappa shape index (κ1) is 73.3. The lowest BCUT2D eigenvalue weighted by molar-refractivity contribution is -0.112. The fourth-order valence-electron chi connectivity index (χ4n) is 10.6. The Balaban J connectivity index is 0.000000165. The average molecular weight is 1470 g/mol. The Morgan fingerprint density at radius 3 is 1.14 bits per heavy atom. The summed E-state index contributed by atoms with van der Waals surface area (Å²) in [7, 11) is 14.0. The van der Waals surface area contributed by atoms with E-state index in [0.29, 0.717) is 147 Å². The highest BCUT2D eigenvalue weighted by molar-refractivity contribution is 6.38. The molecule has 0 radical (unpaired) electrons. The number of halogens is 6. The molecule has 0 aliphatic heterocycles. The number of aryl methyl sites for hydroxylation is 3. The largest absolute Gasteiger partial charge is 0.495 e. The summed E-state index contributed by atoms with van der Waals surface area (Å²) in [5.74, 6) is 0.596. The number of anilines is 3. The van der Waals surface area contributed by atoms with Gasteiger partial charge in [-0.2, -0.15) is 20.4 Å². The van der Waals surface area contributed by atoms with Crippen LogP contribution < -0.4 is 44.4 Å². The third-order valence-corrected chi connectivity index (χ3v) is 17.2. The second-order valence-corrected chi connectivity index (χ2v) is 23.6. The van der Waals surface area contributed by atoms with Crippen molar-refractivity contribution in [1.29, 1.82) is 0 Å². The van der Waals surface area contributed by atoms with Gasteiger partial charge in [-0.25, -0.2) is 38.7 Å². The maximum Gasteiger partial charge on any atom is 0.247 e. The van der Waals surface area contributed by atoms with E-state index in [0.717, 1.165) is 11.0 Å². The van der Waals surface area contributed by atoms with E-state index in [4.69, 9.17) is 74.8 Å². The van der Waals surface area contributed by atoms with E-state index in [9.17, 15) is 23.2 Å². The normalized spacial score (nSPS) is 11.0. The number of hydrogen-bond acceptors (Lipinski definition) is 19. The minimum Gasteiger partial charge on any atom is -0.495 e. The van der Waals surface area contributed by atoms with Crippen LogP contribution in [0.2, 0.25) is 20.1 Å². The summed E-state index contributed by atoms with van der Waals surface area (Å²) < 4.78 is 71.1. The number of nitrogens with zero attached hydrogens (tertiary/aromatic N) is 16. The summed E-state index contributed by atoms with van der Waals surface area (Å²) in [6.07, 6.45) is 19.8. The minimum absolute atomic E-state index is 0.113. The van der Waals surface area contributed by atoms with Crippen LogP contribution in [0.3, 0.4) is 0 Å². The van der Waals surface area contributed by atoms with Crippen LogP contribution >= 0.6 is 46.4 Å². The third kappa shape index (κ3) is 16.2. The van der Waals surface area contributed by atoms with E-state index in [1.807, 2.05) is 16.8 Å². The standard InChI is InChI=1S/C23H22Cl2N6O3.C23H22F2N6O3.C22H21Cl2N7O3/c2*1-5-21(32)28-16-12-30(2)29-15(16)8-20-26-10-17-14(27-20)6-7-31(17)11-13-22(24)18(33-3)9-19(34-4)23(13)25;1-5-20(32)28-15-11-30(2)29-13(15)6-19-25-9-16-14(27-19)8-26-31(16)10-12-21(23)17(33-3)7-18(34-4)22(12)24/h2*5-7,9-10,12H,1,8,11H2,2-4H3,(H,28,32);5,7-9,11H,1,6,10H2,2-4H3,(H,28,32). The summed E-state index contributed by atoms with van der Waals surface area (Å²) in [4.78, 5) is 62.3. The van der Waals surface area contributed by atoms with Gasteiger partial charge in [0.2, 0.25) is 17.7 Å².